The van der Waals surface area contributed by atoms with E-state index in [2.05, 4.69) is 10.3 Å². The first kappa shape index (κ1) is 14.6. The molecule has 1 N–H and O–H groups in total. The second-order valence-corrected chi connectivity index (χ2v) is 4.42. The first-order valence-corrected chi connectivity index (χ1v) is 6.28. The fourth-order valence-electron chi connectivity index (χ4n) is 1.86. The van der Waals surface area contributed by atoms with Gasteiger partial charge in [0, 0.05) is 5.56 Å². The second kappa shape index (κ2) is 5.66. The molecule has 2 rings (SSSR count). The molecule has 0 saturated carbocycles. The number of hydrogen-bond acceptors (Lipinski definition) is 3. The molecule has 2 aromatic rings. The van der Waals surface area contributed by atoms with Crippen LogP contribution >= 0.6 is 0 Å². The zero-order valence-corrected chi connectivity index (χ0v) is 11.2. The highest BCUT2D eigenvalue weighted by Gasteiger charge is 2.30. The van der Waals surface area contributed by atoms with Crippen molar-refractivity contribution >= 4 is 0 Å². The third-order valence-electron chi connectivity index (χ3n) is 2.88. The molecule has 0 radical (unpaired) electrons. The van der Waals surface area contributed by atoms with Gasteiger partial charge in [0.05, 0.1) is 17.8 Å². The Morgan fingerprint density at radius 1 is 1.35 bits per heavy atom. The van der Waals surface area contributed by atoms with Gasteiger partial charge < -0.3 is 9.73 Å². The quantitative estimate of drug-likeness (QED) is 0.921. The van der Waals surface area contributed by atoms with Crippen molar-refractivity contribution in [1.82, 2.24) is 10.3 Å². The highest BCUT2D eigenvalue weighted by Crippen LogP contribution is 2.32. The highest BCUT2D eigenvalue weighted by molar-refractivity contribution is 5.57. The van der Waals surface area contributed by atoms with Gasteiger partial charge in [0.1, 0.15) is 0 Å². The minimum Gasteiger partial charge on any atom is -0.439 e. The monoisotopic (exact) mass is 284 g/mol. The van der Waals surface area contributed by atoms with Gasteiger partial charge >= 0.3 is 6.18 Å². The van der Waals surface area contributed by atoms with Crippen molar-refractivity contribution in [2.75, 3.05) is 6.54 Å². The van der Waals surface area contributed by atoms with Gasteiger partial charge in [0.25, 0.3) is 0 Å². The molecule has 1 aromatic heterocycles. The Morgan fingerprint density at radius 3 is 2.75 bits per heavy atom. The summed E-state index contributed by atoms with van der Waals surface area (Å²) in [5.74, 6) is 0.787. The molecule has 0 aliphatic heterocycles. The zero-order chi connectivity index (χ0) is 14.8. The van der Waals surface area contributed by atoms with Crippen molar-refractivity contribution in [2.24, 2.45) is 0 Å². The van der Waals surface area contributed by atoms with E-state index < -0.39 is 11.7 Å². The molecule has 108 valence electrons. The van der Waals surface area contributed by atoms with Gasteiger partial charge in [-0.2, -0.15) is 13.2 Å². The summed E-state index contributed by atoms with van der Waals surface area (Å²) in [6.45, 7) is 4.58. The van der Waals surface area contributed by atoms with Crippen LogP contribution in [0.25, 0.3) is 11.3 Å². The standard InChI is InChI=1S/C14H15F3N2O/c1-3-18-9(2)13-19-8-12(20-13)10-5-4-6-11(7-10)14(15,16)17/h4-9,18H,3H2,1-2H3. The number of alkyl halides is 3. The molecular weight excluding hydrogens is 269 g/mol. The topological polar surface area (TPSA) is 38.1 Å². The number of rotatable bonds is 4. The number of benzene rings is 1. The number of oxazole rings is 1. The normalized spacial score (nSPS) is 13.4. The first-order chi connectivity index (χ1) is 9.41. The van der Waals surface area contributed by atoms with E-state index in [0.717, 1.165) is 18.7 Å². The van der Waals surface area contributed by atoms with Gasteiger partial charge in [0.2, 0.25) is 5.89 Å². The lowest BCUT2D eigenvalue weighted by molar-refractivity contribution is -0.137. The average molecular weight is 284 g/mol. The lowest BCUT2D eigenvalue weighted by Gasteiger charge is -2.08. The molecule has 0 spiro atoms. The molecule has 0 amide bonds. The lowest BCUT2D eigenvalue weighted by atomic mass is 10.1. The summed E-state index contributed by atoms with van der Waals surface area (Å²) in [6.07, 6.45) is -2.92. The maximum Gasteiger partial charge on any atom is 0.416 e. The van der Waals surface area contributed by atoms with Gasteiger partial charge in [-0.3, -0.25) is 0 Å². The number of nitrogens with one attached hydrogen (secondary N) is 1. The molecule has 6 heteroatoms. The highest BCUT2D eigenvalue weighted by atomic mass is 19.4. The van der Waals surface area contributed by atoms with Crippen molar-refractivity contribution in [2.45, 2.75) is 26.1 Å². The molecule has 20 heavy (non-hydrogen) atoms. The third kappa shape index (κ3) is 3.19. The van der Waals surface area contributed by atoms with Gasteiger partial charge in [0.15, 0.2) is 5.76 Å². The number of aromatic nitrogens is 1. The largest absolute Gasteiger partial charge is 0.439 e. The van der Waals surface area contributed by atoms with Gasteiger partial charge in [-0.25, -0.2) is 4.98 Å². The van der Waals surface area contributed by atoms with Crippen LogP contribution in [0.5, 0.6) is 0 Å². The van der Waals surface area contributed by atoms with Crippen LogP contribution in [0.3, 0.4) is 0 Å². The van der Waals surface area contributed by atoms with Crippen LogP contribution in [0.15, 0.2) is 34.9 Å². The average Bonchev–Trinajstić information content (AvgIpc) is 2.88. The van der Waals surface area contributed by atoms with E-state index in [1.807, 2.05) is 13.8 Å². The summed E-state index contributed by atoms with van der Waals surface area (Å²) in [6, 6.07) is 4.93. The molecule has 1 aromatic carbocycles. The Hall–Kier alpha value is -1.82. The minimum atomic E-state index is -4.37. The number of hydrogen-bond donors (Lipinski definition) is 1. The molecule has 1 atom stereocenters. The predicted molar refractivity (Wildman–Crippen MR) is 69.0 cm³/mol. The van der Waals surface area contributed by atoms with Crippen molar-refractivity contribution in [3.8, 4) is 11.3 Å². The molecule has 0 bridgehead atoms. The van der Waals surface area contributed by atoms with Crippen LogP contribution in [0, 0.1) is 0 Å². The molecule has 1 unspecified atom stereocenters. The van der Waals surface area contributed by atoms with Gasteiger partial charge in [-0.1, -0.05) is 19.1 Å². The van der Waals surface area contributed by atoms with Crippen LogP contribution in [-0.2, 0) is 6.18 Å². The lowest BCUT2D eigenvalue weighted by Crippen LogP contribution is -2.17. The maximum absolute atomic E-state index is 12.7. The molecule has 1 heterocycles. The maximum atomic E-state index is 12.7. The SMILES string of the molecule is CCNC(C)c1ncc(-c2cccc(C(F)(F)F)c2)o1. The van der Waals surface area contributed by atoms with E-state index in [1.54, 1.807) is 6.07 Å². The Bertz CT molecular complexity index is 578. The summed E-state index contributed by atoms with van der Waals surface area (Å²) < 4.78 is 43.5. The van der Waals surface area contributed by atoms with Crippen molar-refractivity contribution in [3.05, 3.63) is 41.9 Å². The van der Waals surface area contributed by atoms with E-state index in [1.165, 1.54) is 12.3 Å². The molecular formula is C14H15F3N2O. The van der Waals surface area contributed by atoms with E-state index in [4.69, 9.17) is 4.42 Å². The number of nitrogens with zero attached hydrogens (tertiary/aromatic N) is 1. The minimum absolute atomic E-state index is 0.0838. The fraction of sp³-hybridized carbons (Fsp3) is 0.357. The van der Waals surface area contributed by atoms with E-state index in [-0.39, 0.29) is 6.04 Å². The zero-order valence-electron chi connectivity index (χ0n) is 11.2. The van der Waals surface area contributed by atoms with Crippen molar-refractivity contribution in [1.29, 1.82) is 0 Å². The van der Waals surface area contributed by atoms with Crippen LogP contribution in [0.4, 0.5) is 13.2 Å². The predicted octanol–water partition coefficient (Wildman–Crippen LogP) is 4.03. The van der Waals surface area contributed by atoms with Crippen molar-refractivity contribution in [3.63, 3.8) is 0 Å². The molecule has 0 aliphatic carbocycles. The van der Waals surface area contributed by atoms with Gasteiger partial charge in [-0.15, -0.1) is 0 Å². The Labute approximate surface area is 114 Å². The molecule has 3 nitrogen and oxygen atoms in total. The summed E-state index contributed by atoms with van der Waals surface area (Å²) in [5, 5.41) is 3.13. The molecule has 0 saturated heterocycles. The summed E-state index contributed by atoms with van der Waals surface area (Å²) in [5.41, 5.74) is -0.338. The van der Waals surface area contributed by atoms with Crippen LogP contribution in [0.1, 0.15) is 31.3 Å². The van der Waals surface area contributed by atoms with Crippen LogP contribution in [-0.4, -0.2) is 11.5 Å². The summed E-state index contributed by atoms with van der Waals surface area (Å²) in [7, 11) is 0. The summed E-state index contributed by atoms with van der Waals surface area (Å²) >= 11 is 0. The fourth-order valence-corrected chi connectivity index (χ4v) is 1.86. The Morgan fingerprint density at radius 2 is 2.10 bits per heavy atom. The van der Waals surface area contributed by atoms with Crippen molar-refractivity contribution < 1.29 is 17.6 Å². The number of halogens is 3. The van der Waals surface area contributed by atoms with E-state index in [9.17, 15) is 13.2 Å². The smallest absolute Gasteiger partial charge is 0.416 e. The van der Waals surface area contributed by atoms with Crippen LogP contribution < -0.4 is 5.32 Å². The first-order valence-electron chi connectivity index (χ1n) is 6.28. The molecule has 0 aliphatic rings. The van der Waals surface area contributed by atoms with Gasteiger partial charge in [-0.05, 0) is 25.6 Å². The summed E-state index contributed by atoms with van der Waals surface area (Å²) in [4.78, 5) is 4.09. The molecule has 0 fully saturated rings. The Balaban J connectivity index is 2.28. The van der Waals surface area contributed by atoms with Crippen LogP contribution in [0.2, 0.25) is 0 Å². The Kier molecular flexibility index (Phi) is 4.13. The second-order valence-electron chi connectivity index (χ2n) is 4.42. The van der Waals surface area contributed by atoms with E-state index >= 15 is 0 Å². The third-order valence-corrected chi connectivity index (χ3v) is 2.88. The van der Waals surface area contributed by atoms with E-state index in [0.29, 0.717) is 17.2 Å².